The lowest BCUT2D eigenvalue weighted by molar-refractivity contribution is 0.0948. The van der Waals surface area contributed by atoms with E-state index in [0.29, 0.717) is 18.5 Å². The predicted octanol–water partition coefficient (Wildman–Crippen LogP) is 1.35. The molecule has 122 valence electrons. The molecule has 6 nitrogen and oxygen atoms in total. The number of hydrogen-bond donors (Lipinski definition) is 1. The molecule has 1 atom stereocenters. The molecule has 0 aliphatic carbocycles. The van der Waals surface area contributed by atoms with Gasteiger partial charge in [0.1, 0.15) is 0 Å². The second-order valence-corrected chi connectivity index (χ2v) is 8.10. The summed E-state index contributed by atoms with van der Waals surface area (Å²) in [5.74, 6) is 0.177. The van der Waals surface area contributed by atoms with Crippen LogP contribution in [0.4, 0.5) is 0 Å². The molecule has 0 bridgehead atoms. The Morgan fingerprint density at radius 2 is 2.09 bits per heavy atom. The van der Waals surface area contributed by atoms with Gasteiger partial charge in [0.25, 0.3) is 5.91 Å². The highest BCUT2D eigenvalue weighted by atomic mass is 32.2. The van der Waals surface area contributed by atoms with Gasteiger partial charge in [-0.15, -0.1) is 0 Å². The monoisotopic (exact) mass is 333 g/mol. The van der Waals surface area contributed by atoms with Gasteiger partial charge in [0.2, 0.25) is 0 Å². The third kappa shape index (κ3) is 3.44. The molecule has 23 heavy (non-hydrogen) atoms. The van der Waals surface area contributed by atoms with E-state index in [0.717, 1.165) is 11.4 Å². The number of nitrogens with one attached hydrogen (secondary N) is 1. The minimum atomic E-state index is -2.92. The first-order valence-electron chi connectivity index (χ1n) is 7.55. The third-order valence-electron chi connectivity index (χ3n) is 4.13. The van der Waals surface area contributed by atoms with Gasteiger partial charge in [-0.2, -0.15) is 5.10 Å². The van der Waals surface area contributed by atoms with Gasteiger partial charge in [-0.3, -0.25) is 4.79 Å². The Balaban J connectivity index is 1.68. The summed E-state index contributed by atoms with van der Waals surface area (Å²) in [6.45, 7) is 2.23. The Labute approximate surface area is 135 Å². The maximum absolute atomic E-state index is 12.3. The molecule has 1 N–H and O–H groups in total. The zero-order valence-electron chi connectivity index (χ0n) is 12.9. The average molecular weight is 333 g/mol. The fourth-order valence-electron chi connectivity index (χ4n) is 2.83. The minimum Gasteiger partial charge on any atom is -0.352 e. The van der Waals surface area contributed by atoms with Crippen molar-refractivity contribution in [1.29, 1.82) is 0 Å². The molecule has 1 fully saturated rings. The molecule has 0 radical (unpaired) electrons. The van der Waals surface area contributed by atoms with E-state index in [1.54, 1.807) is 10.9 Å². The standard InChI is InChI=1S/C16H19N3O3S/c1-12-15(10-18-19(12)14-5-3-2-4-6-14)16(20)17-9-13-7-8-23(21,22)11-13/h2-6,10,13H,7-9,11H2,1H3,(H,17,20)/t13-/m0/s1. The Morgan fingerprint density at radius 1 is 1.35 bits per heavy atom. The van der Waals surface area contributed by atoms with E-state index in [1.807, 2.05) is 37.3 Å². The zero-order chi connectivity index (χ0) is 16.4. The average Bonchev–Trinajstić information content (AvgIpc) is 3.08. The second-order valence-electron chi connectivity index (χ2n) is 5.87. The van der Waals surface area contributed by atoms with Gasteiger partial charge in [0.05, 0.1) is 34.6 Å². The molecule has 0 unspecified atom stereocenters. The van der Waals surface area contributed by atoms with Crippen LogP contribution < -0.4 is 5.32 Å². The number of hydrogen-bond acceptors (Lipinski definition) is 4. The first kappa shape index (κ1) is 15.7. The van der Waals surface area contributed by atoms with Crippen LogP contribution >= 0.6 is 0 Å². The largest absolute Gasteiger partial charge is 0.352 e. The van der Waals surface area contributed by atoms with Gasteiger partial charge in [-0.1, -0.05) is 18.2 Å². The summed E-state index contributed by atoms with van der Waals surface area (Å²) in [7, 11) is -2.92. The topological polar surface area (TPSA) is 81.1 Å². The van der Waals surface area contributed by atoms with Crippen LogP contribution in [0.25, 0.3) is 5.69 Å². The molecule has 2 aromatic rings. The molecule has 1 aliphatic rings. The molecule has 1 aromatic heterocycles. The van der Waals surface area contributed by atoms with Crippen molar-refractivity contribution in [1.82, 2.24) is 15.1 Å². The number of sulfone groups is 1. The van der Waals surface area contributed by atoms with Gasteiger partial charge in [-0.05, 0) is 31.4 Å². The van der Waals surface area contributed by atoms with Crippen molar-refractivity contribution in [2.75, 3.05) is 18.1 Å². The van der Waals surface area contributed by atoms with Gasteiger partial charge >= 0.3 is 0 Å². The molecule has 1 amide bonds. The van der Waals surface area contributed by atoms with Crippen molar-refractivity contribution in [2.45, 2.75) is 13.3 Å². The summed E-state index contributed by atoms with van der Waals surface area (Å²) in [5, 5.41) is 7.10. The van der Waals surface area contributed by atoms with Crippen molar-refractivity contribution in [3.05, 3.63) is 47.8 Å². The van der Waals surface area contributed by atoms with E-state index in [2.05, 4.69) is 10.4 Å². The predicted molar refractivity (Wildman–Crippen MR) is 87.4 cm³/mol. The molecule has 1 saturated heterocycles. The fraction of sp³-hybridized carbons (Fsp3) is 0.375. The van der Waals surface area contributed by atoms with Gasteiger partial charge < -0.3 is 5.32 Å². The lowest BCUT2D eigenvalue weighted by Crippen LogP contribution is -2.30. The summed E-state index contributed by atoms with van der Waals surface area (Å²) in [6.07, 6.45) is 2.16. The van der Waals surface area contributed by atoms with E-state index in [4.69, 9.17) is 0 Å². The Kier molecular flexibility index (Phi) is 4.21. The first-order valence-corrected chi connectivity index (χ1v) is 9.37. The van der Waals surface area contributed by atoms with E-state index in [-0.39, 0.29) is 23.3 Å². The lowest BCUT2D eigenvalue weighted by Gasteiger charge is -2.09. The number of nitrogens with zero attached hydrogens (tertiary/aromatic N) is 2. The lowest BCUT2D eigenvalue weighted by atomic mass is 10.1. The van der Waals surface area contributed by atoms with Gasteiger partial charge in [0, 0.05) is 6.54 Å². The molecular formula is C16H19N3O3S. The third-order valence-corrected chi connectivity index (χ3v) is 5.97. The smallest absolute Gasteiger partial charge is 0.254 e. The van der Waals surface area contributed by atoms with Crippen LogP contribution in [0.15, 0.2) is 36.5 Å². The molecule has 1 aromatic carbocycles. The number of benzene rings is 1. The summed E-state index contributed by atoms with van der Waals surface area (Å²) in [6, 6.07) is 9.59. The highest BCUT2D eigenvalue weighted by Gasteiger charge is 2.28. The molecule has 2 heterocycles. The van der Waals surface area contributed by atoms with Crippen LogP contribution in [0, 0.1) is 12.8 Å². The quantitative estimate of drug-likeness (QED) is 0.916. The second kappa shape index (κ2) is 6.16. The van der Waals surface area contributed by atoms with E-state index in [1.165, 1.54) is 0 Å². The van der Waals surface area contributed by atoms with Crippen LogP contribution in [-0.2, 0) is 9.84 Å². The number of carbonyl (C=O) groups excluding carboxylic acids is 1. The fourth-order valence-corrected chi connectivity index (χ4v) is 4.69. The molecule has 7 heteroatoms. The van der Waals surface area contributed by atoms with Crippen LogP contribution in [0.5, 0.6) is 0 Å². The maximum Gasteiger partial charge on any atom is 0.254 e. The highest BCUT2D eigenvalue weighted by molar-refractivity contribution is 7.91. The van der Waals surface area contributed by atoms with Crippen molar-refractivity contribution >= 4 is 15.7 Å². The van der Waals surface area contributed by atoms with Crippen LogP contribution in [-0.4, -0.2) is 42.2 Å². The van der Waals surface area contributed by atoms with Crippen LogP contribution in [0.3, 0.4) is 0 Å². The van der Waals surface area contributed by atoms with E-state index in [9.17, 15) is 13.2 Å². The van der Waals surface area contributed by atoms with Crippen LogP contribution in [0.2, 0.25) is 0 Å². The normalized spacial score (nSPS) is 19.6. The van der Waals surface area contributed by atoms with Gasteiger partial charge in [-0.25, -0.2) is 13.1 Å². The first-order chi connectivity index (χ1) is 11.0. The Morgan fingerprint density at radius 3 is 2.74 bits per heavy atom. The van der Waals surface area contributed by atoms with Crippen molar-refractivity contribution in [3.8, 4) is 5.69 Å². The van der Waals surface area contributed by atoms with E-state index < -0.39 is 9.84 Å². The summed E-state index contributed by atoms with van der Waals surface area (Å²) < 4.78 is 24.6. The van der Waals surface area contributed by atoms with Crippen LogP contribution in [0.1, 0.15) is 22.5 Å². The SMILES string of the molecule is Cc1c(C(=O)NC[C@@H]2CCS(=O)(=O)C2)cnn1-c1ccccc1. The number of amides is 1. The molecule has 3 rings (SSSR count). The number of rotatable bonds is 4. The highest BCUT2D eigenvalue weighted by Crippen LogP contribution is 2.18. The molecular weight excluding hydrogens is 314 g/mol. The Hall–Kier alpha value is -2.15. The minimum absolute atomic E-state index is 0.00780. The maximum atomic E-state index is 12.3. The van der Waals surface area contributed by atoms with Crippen molar-refractivity contribution < 1.29 is 13.2 Å². The summed E-state index contributed by atoms with van der Waals surface area (Å²) in [4.78, 5) is 12.3. The number of aromatic nitrogens is 2. The number of para-hydroxylation sites is 1. The zero-order valence-corrected chi connectivity index (χ0v) is 13.7. The summed E-state index contributed by atoms with van der Waals surface area (Å²) >= 11 is 0. The Bertz CT molecular complexity index is 812. The van der Waals surface area contributed by atoms with E-state index >= 15 is 0 Å². The van der Waals surface area contributed by atoms with Gasteiger partial charge in [0.15, 0.2) is 9.84 Å². The number of carbonyl (C=O) groups is 1. The van der Waals surface area contributed by atoms with Crippen molar-refractivity contribution in [3.63, 3.8) is 0 Å². The van der Waals surface area contributed by atoms with Crippen molar-refractivity contribution in [2.24, 2.45) is 5.92 Å². The molecule has 0 spiro atoms. The molecule has 0 saturated carbocycles. The summed E-state index contributed by atoms with van der Waals surface area (Å²) in [5.41, 5.74) is 2.16. The molecule has 1 aliphatic heterocycles.